The fourth-order valence-corrected chi connectivity index (χ4v) is 4.89. The second-order valence-electron chi connectivity index (χ2n) is 8.32. The quantitative estimate of drug-likeness (QED) is 0.564. The molecule has 0 bridgehead atoms. The van der Waals surface area contributed by atoms with E-state index in [1.54, 1.807) is 18.4 Å². The molecule has 0 spiro atoms. The number of ether oxygens (including phenoxy) is 1. The Kier molecular flexibility index (Phi) is 7.07. The van der Waals surface area contributed by atoms with E-state index in [2.05, 4.69) is 15.2 Å². The summed E-state index contributed by atoms with van der Waals surface area (Å²) in [6.45, 7) is 2.74. The highest BCUT2D eigenvalue weighted by Gasteiger charge is 2.26. The van der Waals surface area contributed by atoms with Gasteiger partial charge in [-0.1, -0.05) is 30.3 Å². The predicted octanol–water partition coefficient (Wildman–Crippen LogP) is 4.74. The first kappa shape index (κ1) is 22.3. The van der Waals surface area contributed by atoms with E-state index in [0.29, 0.717) is 0 Å². The van der Waals surface area contributed by atoms with Crippen LogP contribution >= 0.6 is 11.3 Å². The molecule has 1 aliphatic rings. The van der Waals surface area contributed by atoms with Crippen LogP contribution in [0.3, 0.4) is 0 Å². The van der Waals surface area contributed by atoms with Crippen molar-refractivity contribution >= 4 is 28.1 Å². The van der Waals surface area contributed by atoms with E-state index in [4.69, 9.17) is 4.74 Å². The summed E-state index contributed by atoms with van der Waals surface area (Å²) in [5.41, 5.74) is 2.87. The summed E-state index contributed by atoms with van der Waals surface area (Å²) in [4.78, 5) is 23.2. The molecule has 1 amide bonds. The number of nitrogens with zero attached hydrogens (tertiary/aromatic N) is 3. The topological polar surface area (TPSA) is 57.7 Å². The molecule has 0 aliphatic carbocycles. The van der Waals surface area contributed by atoms with Crippen molar-refractivity contribution in [1.29, 1.82) is 0 Å². The lowest BCUT2D eigenvalue weighted by atomic mass is 9.95. The van der Waals surface area contributed by atoms with Crippen LogP contribution in [0.1, 0.15) is 17.7 Å². The van der Waals surface area contributed by atoms with E-state index in [1.807, 2.05) is 73.7 Å². The van der Waals surface area contributed by atoms with Crippen molar-refractivity contribution < 1.29 is 9.53 Å². The number of anilines is 2. The summed E-state index contributed by atoms with van der Waals surface area (Å²) in [5.74, 6) is 0.936. The monoisotopic (exact) mass is 450 g/mol. The molecule has 2 heterocycles. The van der Waals surface area contributed by atoms with Crippen LogP contribution in [0.2, 0.25) is 0 Å². The molecule has 3 aromatic rings. The van der Waals surface area contributed by atoms with E-state index in [-0.39, 0.29) is 11.8 Å². The Morgan fingerprint density at radius 1 is 1.19 bits per heavy atom. The number of methoxy groups -OCH3 is 1. The number of likely N-dealkylation sites (tertiary alicyclic amines) is 1. The van der Waals surface area contributed by atoms with E-state index < -0.39 is 0 Å². The first-order chi connectivity index (χ1) is 15.5. The van der Waals surface area contributed by atoms with Gasteiger partial charge >= 0.3 is 0 Å². The fraction of sp³-hybridized carbons (Fsp3) is 0.360. The molecule has 1 fully saturated rings. The fourth-order valence-electron chi connectivity index (χ4n) is 4.02. The van der Waals surface area contributed by atoms with Gasteiger partial charge in [-0.05, 0) is 49.7 Å². The van der Waals surface area contributed by atoms with Gasteiger partial charge in [0.25, 0.3) is 0 Å². The second-order valence-corrected chi connectivity index (χ2v) is 9.41. The number of carbonyl (C=O) groups is 1. The van der Waals surface area contributed by atoms with Crippen LogP contribution in [0.5, 0.6) is 5.75 Å². The summed E-state index contributed by atoms with van der Waals surface area (Å²) < 4.78 is 5.36. The molecular weight excluding hydrogens is 420 g/mol. The van der Waals surface area contributed by atoms with Gasteiger partial charge in [0.15, 0.2) is 5.13 Å². The first-order valence-corrected chi connectivity index (χ1v) is 11.7. The van der Waals surface area contributed by atoms with Crippen molar-refractivity contribution in [2.45, 2.75) is 19.4 Å². The lowest BCUT2D eigenvalue weighted by Crippen LogP contribution is -2.37. The van der Waals surface area contributed by atoms with Crippen molar-refractivity contribution in [2.24, 2.45) is 5.92 Å². The van der Waals surface area contributed by atoms with Crippen LogP contribution in [0, 0.1) is 5.92 Å². The maximum atomic E-state index is 13.0. The second kappa shape index (κ2) is 10.1. The van der Waals surface area contributed by atoms with Crippen molar-refractivity contribution in [3.63, 3.8) is 0 Å². The molecule has 1 aromatic heterocycles. The maximum Gasteiger partial charge on any atom is 0.227 e. The van der Waals surface area contributed by atoms with Crippen LogP contribution in [0.4, 0.5) is 10.8 Å². The highest BCUT2D eigenvalue weighted by Crippen LogP contribution is 2.31. The minimum absolute atomic E-state index is 0.0309. The minimum Gasteiger partial charge on any atom is -0.497 e. The number of hydrogen-bond donors (Lipinski definition) is 1. The highest BCUT2D eigenvalue weighted by atomic mass is 32.1. The van der Waals surface area contributed by atoms with Gasteiger partial charge in [0.1, 0.15) is 5.75 Å². The van der Waals surface area contributed by atoms with Gasteiger partial charge in [0.05, 0.1) is 7.11 Å². The maximum absolute atomic E-state index is 13.0. The third-order valence-corrected chi connectivity index (χ3v) is 6.98. The van der Waals surface area contributed by atoms with Crippen molar-refractivity contribution in [1.82, 2.24) is 9.88 Å². The number of benzene rings is 2. The van der Waals surface area contributed by atoms with Gasteiger partial charge in [0, 0.05) is 48.9 Å². The Labute approximate surface area is 193 Å². The van der Waals surface area contributed by atoms with Gasteiger partial charge in [0.2, 0.25) is 5.91 Å². The Hall–Kier alpha value is -2.90. The molecular formula is C25H30N4O2S. The predicted molar refractivity (Wildman–Crippen MR) is 132 cm³/mol. The molecule has 1 saturated heterocycles. The Balaban J connectivity index is 1.36. The molecule has 0 unspecified atom stereocenters. The molecule has 4 rings (SSSR count). The van der Waals surface area contributed by atoms with Crippen molar-refractivity contribution in [2.75, 3.05) is 44.5 Å². The summed E-state index contributed by atoms with van der Waals surface area (Å²) in [7, 11) is 5.69. The first-order valence-electron chi connectivity index (χ1n) is 10.9. The van der Waals surface area contributed by atoms with Gasteiger partial charge in [-0.25, -0.2) is 4.98 Å². The van der Waals surface area contributed by atoms with Gasteiger partial charge in [-0.2, -0.15) is 0 Å². The molecule has 168 valence electrons. The largest absolute Gasteiger partial charge is 0.497 e. The summed E-state index contributed by atoms with van der Waals surface area (Å²) >= 11 is 1.73. The van der Waals surface area contributed by atoms with Crippen LogP contribution in [-0.4, -0.2) is 50.1 Å². The van der Waals surface area contributed by atoms with Crippen LogP contribution in [0.15, 0.2) is 54.7 Å². The van der Waals surface area contributed by atoms with Gasteiger partial charge in [-0.3, -0.25) is 9.69 Å². The van der Waals surface area contributed by atoms with E-state index in [9.17, 15) is 4.79 Å². The van der Waals surface area contributed by atoms with Crippen LogP contribution in [-0.2, 0) is 11.3 Å². The zero-order chi connectivity index (χ0) is 22.5. The van der Waals surface area contributed by atoms with Gasteiger partial charge < -0.3 is 15.0 Å². The van der Waals surface area contributed by atoms with Crippen LogP contribution < -0.4 is 15.0 Å². The number of carbonyl (C=O) groups excluding carboxylic acids is 1. The number of para-hydroxylation sites is 1. The van der Waals surface area contributed by atoms with Gasteiger partial charge in [-0.15, -0.1) is 11.3 Å². The summed E-state index contributed by atoms with van der Waals surface area (Å²) in [6, 6.07) is 15.9. The summed E-state index contributed by atoms with van der Waals surface area (Å²) in [5, 5.41) is 4.22. The molecule has 7 heteroatoms. The molecule has 0 saturated carbocycles. The van der Waals surface area contributed by atoms with E-state index in [1.165, 1.54) is 4.88 Å². The molecule has 32 heavy (non-hydrogen) atoms. The normalized spacial score (nSPS) is 14.8. The zero-order valence-corrected chi connectivity index (χ0v) is 19.7. The lowest BCUT2D eigenvalue weighted by molar-refractivity contribution is -0.121. The minimum atomic E-state index is 0.0309. The number of thiazole rings is 1. The van der Waals surface area contributed by atoms with E-state index >= 15 is 0 Å². The number of amides is 1. The van der Waals surface area contributed by atoms with E-state index in [0.717, 1.165) is 60.2 Å². The highest BCUT2D eigenvalue weighted by molar-refractivity contribution is 7.15. The van der Waals surface area contributed by atoms with Crippen molar-refractivity contribution in [3.8, 4) is 16.9 Å². The average molecular weight is 451 g/mol. The average Bonchev–Trinajstić information content (AvgIpc) is 3.29. The SMILES string of the molecule is COc1cccc(-c2ccccc2NC(=O)C2CCN(Cc3cnc(N(C)C)s3)CC2)c1. The molecule has 1 N–H and O–H groups in total. The number of nitrogens with one attached hydrogen (secondary N) is 1. The molecule has 6 nitrogen and oxygen atoms in total. The standard InChI is InChI=1S/C25H30N4O2S/c1-28(2)25-26-16-21(32-25)17-29-13-11-18(12-14-29)24(30)27-23-10-5-4-9-22(23)19-7-6-8-20(15-19)31-3/h4-10,15-16,18H,11-14,17H2,1-3H3,(H,27,30). The molecule has 0 radical (unpaired) electrons. The lowest BCUT2D eigenvalue weighted by Gasteiger charge is -2.31. The third kappa shape index (κ3) is 5.29. The molecule has 1 aliphatic heterocycles. The molecule has 2 aromatic carbocycles. The van der Waals surface area contributed by atoms with Crippen molar-refractivity contribution in [3.05, 3.63) is 59.6 Å². The number of piperidine rings is 1. The number of aromatic nitrogens is 1. The number of hydrogen-bond acceptors (Lipinski definition) is 6. The Morgan fingerprint density at radius 2 is 1.97 bits per heavy atom. The number of rotatable bonds is 7. The van der Waals surface area contributed by atoms with Crippen LogP contribution in [0.25, 0.3) is 11.1 Å². The zero-order valence-electron chi connectivity index (χ0n) is 18.9. The summed E-state index contributed by atoms with van der Waals surface area (Å²) in [6.07, 6.45) is 3.70. The Bertz CT molecular complexity index is 1060. The Morgan fingerprint density at radius 3 is 2.69 bits per heavy atom. The molecule has 0 atom stereocenters. The smallest absolute Gasteiger partial charge is 0.227 e. The third-order valence-electron chi connectivity index (χ3n) is 5.83.